The number of aromatic nitrogens is 2. The lowest BCUT2D eigenvalue weighted by atomic mass is 9.76. The quantitative estimate of drug-likeness (QED) is 0.728. The average molecular weight is 409 g/mol. The van der Waals surface area contributed by atoms with Crippen LogP contribution in [0.1, 0.15) is 42.5 Å². The highest BCUT2D eigenvalue weighted by atomic mass is 16.6. The highest BCUT2D eigenvalue weighted by Gasteiger charge is 2.51. The number of rotatable bonds is 4. The monoisotopic (exact) mass is 408 g/mol. The Morgan fingerprint density at radius 2 is 1.83 bits per heavy atom. The summed E-state index contributed by atoms with van der Waals surface area (Å²) in [5, 5.41) is 4.21. The average Bonchev–Trinajstić information content (AvgIpc) is 3.52. The molecule has 1 spiro atoms. The molecule has 0 N–H and O–H groups in total. The van der Waals surface area contributed by atoms with Crippen LogP contribution in [0.3, 0.4) is 0 Å². The number of esters is 1. The SMILES string of the molecule is O=C(c1ccc(-n2cccn2)cc1)N1CCC2(CC1)CC(CN1CCCC1)OC2=O. The zero-order valence-corrected chi connectivity index (χ0v) is 17.2. The molecular formula is C23H28N4O3. The van der Waals surface area contributed by atoms with Crippen molar-refractivity contribution in [3.05, 3.63) is 48.3 Å². The van der Waals surface area contributed by atoms with Gasteiger partial charge in [-0.2, -0.15) is 5.10 Å². The van der Waals surface area contributed by atoms with E-state index in [9.17, 15) is 9.59 Å². The number of cyclic esters (lactones) is 1. The van der Waals surface area contributed by atoms with Gasteiger partial charge in [-0.3, -0.25) is 14.5 Å². The van der Waals surface area contributed by atoms with E-state index in [4.69, 9.17) is 4.74 Å². The maximum Gasteiger partial charge on any atom is 0.312 e. The second-order valence-corrected chi connectivity index (χ2v) is 8.81. The van der Waals surface area contributed by atoms with Crippen molar-refractivity contribution < 1.29 is 14.3 Å². The van der Waals surface area contributed by atoms with Crippen molar-refractivity contribution in [1.82, 2.24) is 19.6 Å². The molecular weight excluding hydrogens is 380 g/mol. The van der Waals surface area contributed by atoms with Crippen molar-refractivity contribution in [2.24, 2.45) is 5.41 Å². The number of amides is 1. The lowest BCUT2D eigenvalue weighted by Gasteiger charge is -2.36. The Hall–Kier alpha value is -2.67. The molecule has 0 saturated carbocycles. The van der Waals surface area contributed by atoms with E-state index < -0.39 is 5.41 Å². The number of likely N-dealkylation sites (tertiary alicyclic amines) is 2. The van der Waals surface area contributed by atoms with Gasteiger partial charge in [-0.1, -0.05) is 0 Å². The molecule has 158 valence electrons. The number of hydrogen-bond acceptors (Lipinski definition) is 5. The summed E-state index contributed by atoms with van der Waals surface area (Å²) in [5.41, 5.74) is 1.19. The van der Waals surface area contributed by atoms with E-state index in [1.807, 2.05) is 41.4 Å². The molecule has 2 aromatic rings. The molecule has 4 heterocycles. The summed E-state index contributed by atoms with van der Waals surface area (Å²) >= 11 is 0. The van der Waals surface area contributed by atoms with Gasteiger partial charge in [0.1, 0.15) is 6.10 Å². The Balaban J connectivity index is 1.19. The standard InChI is InChI=1S/C23H28N4O3/c28-21(18-4-6-19(7-5-18)27-13-3-10-24-27)26-14-8-23(9-15-26)16-20(30-22(23)29)17-25-11-1-2-12-25/h3-7,10,13,20H,1-2,8-9,11-12,14-17H2. The molecule has 1 unspecified atom stereocenters. The Bertz CT molecular complexity index is 895. The summed E-state index contributed by atoms with van der Waals surface area (Å²) in [6.07, 6.45) is 8.28. The Morgan fingerprint density at radius 1 is 1.10 bits per heavy atom. The summed E-state index contributed by atoms with van der Waals surface area (Å²) in [7, 11) is 0. The number of benzene rings is 1. The summed E-state index contributed by atoms with van der Waals surface area (Å²) < 4.78 is 7.52. The Morgan fingerprint density at radius 3 is 2.50 bits per heavy atom. The first-order valence-electron chi connectivity index (χ1n) is 11.0. The van der Waals surface area contributed by atoms with Crippen LogP contribution in [0, 0.1) is 5.41 Å². The molecule has 1 aromatic heterocycles. The highest BCUT2D eigenvalue weighted by Crippen LogP contribution is 2.43. The molecule has 1 aromatic carbocycles. The molecule has 30 heavy (non-hydrogen) atoms. The molecule has 5 rings (SSSR count). The molecule has 3 fully saturated rings. The van der Waals surface area contributed by atoms with Crippen molar-refractivity contribution in [1.29, 1.82) is 0 Å². The van der Waals surface area contributed by atoms with E-state index in [1.165, 1.54) is 12.8 Å². The minimum atomic E-state index is -0.398. The van der Waals surface area contributed by atoms with Crippen LogP contribution in [-0.4, -0.2) is 70.3 Å². The van der Waals surface area contributed by atoms with Gasteiger partial charge in [-0.15, -0.1) is 0 Å². The smallest absolute Gasteiger partial charge is 0.312 e. The normalized spacial score (nSPS) is 23.8. The van der Waals surface area contributed by atoms with Gasteiger partial charge in [0.05, 0.1) is 11.1 Å². The van der Waals surface area contributed by atoms with Crippen LogP contribution in [0.25, 0.3) is 5.69 Å². The summed E-state index contributed by atoms with van der Waals surface area (Å²) in [6, 6.07) is 9.37. The third-order valence-corrected chi connectivity index (χ3v) is 6.88. The minimum absolute atomic E-state index is 0.00712. The molecule has 1 amide bonds. The third-order valence-electron chi connectivity index (χ3n) is 6.88. The lowest BCUT2D eigenvalue weighted by molar-refractivity contribution is -0.150. The van der Waals surface area contributed by atoms with Crippen molar-refractivity contribution in [2.75, 3.05) is 32.7 Å². The van der Waals surface area contributed by atoms with Gasteiger partial charge in [-0.05, 0) is 69.1 Å². The fourth-order valence-corrected chi connectivity index (χ4v) is 5.10. The zero-order valence-electron chi connectivity index (χ0n) is 17.2. The summed E-state index contributed by atoms with van der Waals surface area (Å²) in [5.74, 6) is -0.0285. The number of hydrogen-bond donors (Lipinski definition) is 0. The fraction of sp³-hybridized carbons (Fsp3) is 0.522. The third kappa shape index (κ3) is 3.62. The second kappa shape index (κ2) is 7.87. The molecule has 0 bridgehead atoms. The van der Waals surface area contributed by atoms with Gasteiger partial charge in [0.2, 0.25) is 0 Å². The predicted molar refractivity (Wildman–Crippen MR) is 111 cm³/mol. The number of carbonyl (C=O) groups is 2. The van der Waals surface area contributed by atoms with E-state index in [-0.39, 0.29) is 18.0 Å². The van der Waals surface area contributed by atoms with Gasteiger partial charge in [-0.25, -0.2) is 4.68 Å². The molecule has 7 nitrogen and oxygen atoms in total. The van der Waals surface area contributed by atoms with Crippen LogP contribution in [0.5, 0.6) is 0 Å². The molecule has 0 radical (unpaired) electrons. The molecule has 0 aliphatic carbocycles. The van der Waals surface area contributed by atoms with Crippen molar-refractivity contribution in [3.63, 3.8) is 0 Å². The number of carbonyl (C=O) groups excluding carboxylic acids is 2. The highest BCUT2D eigenvalue weighted by molar-refractivity contribution is 5.94. The van der Waals surface area contributed by atoms with Crippen LogP contribution >= 0.6 is 0 Å². The number of piperidine rings is 1. The van der Waals surface area contributed by atoms with Crippen molar-refractivity contribution >= 4 is 11.9 Å². The maximum atomic E-state index is 13.0. The zero-order chi connectivity index (χ0) is 20.6. The Kier molecular flexibility index (Phi) is 5.06. The molecule has 3 saturated heterocycles. The molecule has 1 atom stereocenters. The van der Waals surface area contributed by atoms with E-state index in [0.717, 1.165) is 31.7 Å². The largest absolute Gasteiger partial charge is 0.461 e. The molecule has 7 heteroatoms. The first-order valence-corrected chi connectivity index (χ1v) is 11.0. The Labute approximate surface area is 176 Å². The van der Waals surface area contributed by atoms with Gasteiger partial charge in [0, 0.05) is 44.0 Å². The van der Waals surface area contributed by atoms with Crippen LogP contribution in [-0.2, 0) is 9.53 Å². The van der Waals surface area contributed by atoms with Crippen molar-refractivity contribution in [2.45, 2.75) is 38.2 Å². The predicted octanol–water partition coefficient (Wildman–Crippen LogP) is 2.51. The van der Waals surface area contributed by atoms with E-state index in [2.05, 4.69) is 10.00 Å². The first-order chi connectivity index (χ1) is 14.6. The van der Waals surface area contributed by atoms with Crippen LogP contribution < -0.4 is 0 Å². The molecule has 3 aliphatic heterocycles. The van der Waals surface area contributed by atoms with Gasteiger partial charge >= 0.3 is 5.97 Å². The minimum Gasteiger partial charge on any atom is -0.461 e. The van der Waals surface area contributed by atoms with Crippen LogP contribution in [0.15, 0.2) is 42.7 Å². The van der Waals surface area contributed by atoms with Crippen LogP contribution in [0.4, 0.5) is 0 Å². The van der Waals surface area contributed by atoms with Gasteiger partial charge in [0.25, 0.3) is 5.91 Å². The summed E-state index contributed by atoms with van der Waals surface area (Å²) in [4.78, 5) is 29.9. The number of nitrogens with zero attached hydrogens (tertiary/aromatic N) is 4. The van der Waals surface area contributed by atoms with E-state index >= 15 is 0 Å². The first kappa shape index (κ1) is 19.3. The molecule has 3 aliphatic rings. The second-order valence-electron chi connectivity index (χ2n) is 8.81. The number of ether oxygens (including phenoxy) is 1. The van der Waals surface area contributed by atoms with Crippen LogP contribution in [0.2, 0.25) is 0 Å². The lowest BCUT2D eigenvalue weighted by Crippen LogP contribution is -2.45. The summed E-state index contributed by atoms with van der Waals surface area (Å²) in [6.45, 7) is 4.29. The van der Waals surface area contributed by atoms with E-state index in [0.29, 0.717) is 31.5 Å². The van der Waals surface area contributed by atoms with Crippen molar-refractivity contribution in [3.8, 4) is 5.69 Å². The topological polar surface area (TPSA) is 67.7 Å². The van der Waals surface area contributed by atoms with Gasteiger partial charge < -0.3 is 9.64 Å². The maximum absolute atomic E-state index is 13.0. The fourth-order valence-electron chi connectivity index (χ4n) is 5.10. The van der Waals surface area contributed by atoms with E-state index in [1.54, 1.807) is 10.9 Å². The van der Waals surface area contributed by atoms with Gasteiger partial charge in [0.15, 0.2) is 0 Å².